The second-order valence-electron chi connectivity index (χ2n) is 10.4. The van der Waals surface area contributed by atoms with Crippen LogP contribution in [-0.2, 0) is 16.5 Å². The Morgan fingerprint density at radius 3 is 2.00 bits per heavy atom. The van der Waals surface area contributed by atoms with Crippen molar-refractivity contribution < 1.29 is 13.2 Å². The number of nitrogens with zero attached hydrogens (tertiary/aromatic N) is 2. The molecule has 1 aliphatic rings. The summed E-state index contributed by atoms with van der Waals surface area (Å²) in [6.07, 6.45) is 3.44. The maximum Gasteiger partial charge on any atom is 0.306 e. The molecule has 7 aromatic rings. The minimum absolute atomic E-state index is 0.235. The van der Waals surface area contributed by atoms with Crippen molar-refractivity contribution in [3.05, 3.63) is 162 Å². The summed E-state index contributed by atoms with van der Waals surface area (Å²) in [6.45, 7) is 0. The smallest absolute Gasteiger partial charge is 0.306 e. The highest BCUT2D eigenvalue weighted by molar-refractivity contribution is 7.79. The molecule has 42 heavy (non-hydrogen) atoms. The van der Waals surface area contributed by atoms with Crippen LogP contribution in [0.3, 0.4) is 0 Å². The standard InChI is InChI=1S/C36H24N2O3S/c39-42(40)28-18-15-24(16-19-28)34-33(37-35-38(34)21-22-41-35)25-17-20-30-29-13-7-8-14-31(29)36(32(30)23-25,26-9-3-1-4-10-26)27-11-5-2-6-12-27/h1-23H,(H,39,40)/p-1. The lowest BCUT2D eigenvalue weighted by atomic mass is 9.67. The fraction of sp³-hybridized carbons (Fsp3) is 0.0278. The highest BCUT2D eigenvalue weighted by Crippen LogP contribution is 2.56. The maximum absolute atomic E-state index is 11.5. The average Bonchev–Trinajstić information content (AvgIpc) is 3.72. The van der Waals surface area contributed by atoms with Gasteiger partial charge in [0.2, 0.25) is 0 Å². The van der Waals surface area contributed by atoms with Gasteiger partial charge in [0.1, 0.15) is 12.0 Å². The predicted molar refractivity (Wildman–Crippen MR) is 163 cm³/mol. The van der Waals surface area contributed by atoms with Crippen molar-refractivity contribution in [2.24, 2.45) is 0 Å². The zero-order valence-electron chi connectivity index (χ0n) is 22.3. The molecule has 2 aromatic heterocycles. The van der Waals surface area contributed by atoms with Crippen LogP contribution in [0.2, 0.25) is 0 Å². The zero-order chi connectivity index (χ0) is 28.3. The maximum atomic E-state index is 11.5. The summed E-state index contributed by atoms with van der Waals surface area (Å²) >= 11 is -2.30. The third-order valence-electron chi connectivity index (χ3n) is 8.31. The average molecular weight is 564 g/mol. The summed E-state index contributed by atoms with van der Waals surface area (Å²) in [7, 11) is 0. The van der Waals surface area contributed by atoms with E-state index in [1.54, 1.807) is 18.4 Å². The van der Waals surface area contributed by atoms with Gasteiger partial charge in [-0.2, -0.15) is 4.98 Å². The van der Waals surface area contributed by atoms with Gasteiger partial charge in [-0.1, -0.05) is 109 Å². The van der Waals surface area contributed by atoms with Crippen molar-refractivity contribution in [2.45, 2.75) is 10.3 Å². The summed E-state index contributed by atoms with van der Waals surface area (Å²) < 4.78 is 30.7. The van der Waals surface area contributed by atoms with E-state index in [0.717, 1.165) is 22.5 Å². The van der Waals surface area contributed by atoms with Gasteiger partial charge in [0.15, 0.2) is 0 Å². The number of imidazole rings is 1. The number of aromatic nitrogens is 2. The predicted octanol–water partition coefficient (Wildman–Crippen LogP) is 7.86. The Kier molecular flexibility index (Phi) is 5.60. The Balaban J connectivity index is 1.42. The van der Waals surface area contributed by atoms with Crippen LogP contribution >= 0.6 is 0 Å². The second-order valence-corrected chi connectivity index (χ2v) is 11.4. The molecule has 0 radical (unpaired) electrons. The highest BCUT2D eigenvalue weighted by atomic mass is 32.2. The zero-order valence-corrected chi connectivity index (χ0v) is 23.1. The third kappa shape index (κ3) is 3.52. The summed E-state index contributed by atoms with van der Waals surface area (Å²) in [5.41, 5.74) is 10.1. The summed E-state index contributed by atoms with van der Waals surface area (Å²) in [4.78, 5) is 5.15. The topological polar surface area (TPSA) is 70.6 Å². The van der Waals surface area contributed by atoms with Gasteiger partial charge in [-0.15, -0.1) is 0 Å². The van der Waals surface area contributed by atoms with Crippen molar-refractivity contribution in [3.8, 4) is 33.6 Å². The fourth-order valence-corrected chi connectivity index (χ4v) is 6.94. The first-order valence-corrected chi connectivity index (χ1v) is 14.7. The van der Waals surface area contributed by atoms with E-state index in [2.05, 4.69) is 103 Å². The van der Waals surface area contributed by atoms with E-state index in [1.165, 1.54) is 33.4 Å². The molecule has 8 rings (SSSR count). The number of fused-ring (bicyclic) bond motifs is 4. The molecule has 0 fully saturated rings. The minimum atomic E-state index is -2.30. The van der Waals surface area contributed by atoms with Crippen LogP contribution in [0, 0.1) is 0 Å². The van der Waals surface area contributed by atoms with Crippen LogP contribution in [-0.4, -0.2) is 18.1 Å². The molecule has 0 bridgehead atoms. The normalized spacial score (nSPS) is 14.0. The molecule has 1 unspecified atom stereocenters. The van der Waals surface area contributed by atoms with E-state index >= 15 is 0 Å². The van der Waals surface area contributed by atoms with Gasteiger partial charge >= 0.3 is 5.84 Å². The fourth-order valence-electron chi connectivity index (χ4n) is 6.58. The lowest BCUT2D eigenvalue weighted by Crippen LogP contribution is -2.28. The molecule has 0 spiro atoms. The molecule has 202 valence electrons. The van der Waals surface area contributed by atoms with Crippen LogP contribution in [0.5, 0.6) is 0 Å². The Bertz CT molecular complexity index is 2070. The first-order chi connectivity index (χ1) is 20.7. The molecular weight excluding hydrogens is 540 g/mol. The molecule has 1 aliphatic carbocycles. The van der Waals surface area contributed by atoms with E-state index in [-0.39, 0.29) is 4.90 Å². The number of hydrogen-bond acceptors (Lipinski definition) is 4. The first-order valence-electron chi connectivity index (χ1n) is 13.7. The number of oxazole rings is 1. The first kappa shape index (κ1) is 24.7. The summed E-state index contributed by atoms with van der Waals surface area (Å²) in [6, 6.07) is 43.5. The molecule has 5 aromatic carbocycles. The molecule has 6 heteroatoms. The van der Waals surface area contributed by atoms with Crippen molar-refractivity contribution in [2.75, 3.05) is 0 Å². The molecule has 0 N–H and O–H groups in total. The van der Waals surface area contributed by atoms with Crippen molar-refractivity contribution >= 4 is 16.9 Å². The Labute approximate surface area is 245 Å². The van der Waals surface area contributed by atoms with Crippen LogP contribution in [0.15, 0.2) is 149 Å². The van der Waals surface area contributed by atoms with Gasteiger partial charge in [-0.25, -0.2) is 0 Å². The van der Waals surface area contributed by atoms with Gasteiger partial charge < -0.3 is 8.97 Å². The molecule has 0 amide bonds. The number of rotatable bonds is 5. The lowest BCUT2D eigenvalue weighted by molar-refractivity contribution is 0.537. The molecule has 0 saturated heterocycles. The van der Waals surface area contributed by atoms with E-state index in [4.69, 9.17) is 9.40 Å². The molecule has 1 atom stereocenters. The van der Waals surface area contributed by atoms with E-state index in [1.807, 2.05) is 22.7 Å². The van der Waals surface area contributed by atoms with Gasteiger partial charge in [-0.3, -0.25) is 8.61 Å². The van der Waals surface area contributed by atoms with Crippen LogP contribution in [0.4, 0.5) is 0 Å². The van der Waals surface area contributed by atoms with Crippen LogP contribution in [0.1, 0.15) is 22.3 Å². The molecule has 0 saturated carbocycles. The monoisotopic (exact) mass is 563 g/mol. The number of hydrogen-bond donors (Lipinski definition) is 0. The van der Waals surface area contributed by atoms with E-state index in [9.17, 15) is 8.76 Å². The Morgan fingerprint density at radius 2 is 1.31 bits per heavy atom. The van der Waals surface area contributed by atoms with Crippen molar-refractivity contribution in [1.82, 2.24) is 9.38 Å². The SMILES string of the molecule is O=S([O-])c1ccc(-c2c(-c3ccc4c(c3)C(c3ccccc3)(c3ccccc3)c3ccccc3-4)nc3occn23)cc1. The summed E-state index contributed by atoms with van der Waals surface area (Å²) in [5, 5.41) is 0. The van der Waals surface area contributed by atoms with Crippen LogP contribution < -0.4 is 0 Å². The molecule has 2 heterocycles. The Morgan fingerprint density at radius 1 is 0.690 bits per heavy atom. The highest BCUT2D eigenvalue weighted by Gasteiger charge is 2.46. The van der Waals surface area contributed by atoms with E-state index in [0.29, 0.717) is 5.84 Å². The minimum Gasteiger partial charge on any atom is -0.768 e. The van der Waals surface area contributed by atoms with Crippen molar-refractivity contribution in [1.29, 1.82) is 0 Å². The number of benzene rings is 5. The molecule has 5 nitrogen and oxygen atoms in total. The van der Waals surface area contributed by atoms with Gasteiger partial charge in [-0.05, 0) is 62.7 Å². The largest absolute Gasteiger partial charge is 0.768 e. The van der Waals surface area contributed by atoms with Crippen LogP contribution in [0.25, 0.3) is 39.5 Å². The Hall–Kier alpha value is -5.04. The quantitative estimate of drug-likeness (QED) is 0.200. The van der Waals surface area contributed by atoms with E-state index < -0.39 is 16.5 Å². The van der Waals surface area contributed by atoms with Gasteiger partial charge in [0.25, 0.3) is 0 Å². The summed E-state index contributed by atoms with van der Waals surface area (Å²) in [5.74, 6) is 0.470. The third-order valence-corrected chi connectivity index (χ3v) is 8.97. The van der Waals surface area contributed by atoms with Gasteiger partial charge in [0, 0.05) is 22.2 Å². The van der Waals surface area contributed by atoms with Crippen molar-refractivity contribution in [3.63, 3.8) is 0 Å². The molecular formula is C36H23N2O3S-. The lowest BCUT2D eigenvalue weighted by Gasteiger charge is -2.34. The second kappa shape index (κ2) is 9.52. The van der Waals surface area contributed by atoms with Gasteiger partial charge in [0.05, 0.1) is 11.1 Å². The molecule has 0 aliphatic heterocycles.